The second-order valence-corrected chi connectivity index (χ2v) is 8.33. The minimum absolute atomic E-state index is 0.00171. The van der Waals surface area contributed by atoms with Gasteiger partial charge in [0.15, 0.2) is 5.78 Å². The minimum atomic E-state index is -0.159. The second kappa shape index (κ2) is 5.47. The summed E-state index contributed by atoms with van der Waals surface area (Å²) in [6, 6.07) is 1.71. The van der Waals surface area contributed by atoms with Crippen LogP contribution in [0, 0.1) is 22.7 Å². The van der Waals surface area contributed by atoms with E-state index >= 15 is 0 Å². The molecule has 2 aliphatic rings. The van der Waals surface area contributed by atoms with Crippen LogP contribution in [-0.2, 0) is 4.79 Å². The largest absolute Gasteiger partial charge is 0.472 e. The number of hydrogen-bond acceptors (Lipinski definition) is 3. The van der Waals surface area contributed by atoms with Crippen molar-refractivity contribution in [2.24, 2.45) is 22.7 Å². The molecule has 23 heavy (non-hydrogen) atoms. The normalized spacial score (nSPS) is 33.3. The number of furan rings is 1. The van der Waals surface area contributed by atoms with Crippen LogP contribution in [0.2, 0.25) is 0 Å². The van der Waals surface area contributed by atoms with Crippen molar-refractivity contribution in [1.82, 2.24) is 0 Å². The molecule has 0 N–H and O–H groups in total. The lowest BCUT2D eigenvalue weighted by Gasteiger charge is -2.57. The zero-order valence-corrected chi connectivity index (χ0v) is 14.4. The summed E-state index contributed by atoms with van der Waals surface area (Å²) in [5.41, 5.74) is 1.59. The molecule has 2 saturated carbocycles. The van der Waals surface area contributed by atoms with E-state index in [4.69, 9.17) is 4.42 Å². The van der Waals surface area contributed by atoms with Crippen LogP contribution in [0.3, 0.4) is 0 Å². The van der Waals surface area contributed by atoms with Gasteiger partial charge < -0.3 is 4.42 Å². The highest BCUT2D eigenvalue weighted by atomic mass is 16.3. The number of allylic oxidation sites excluding steroid dienone is 1. The molecule has 0 amide bonds. The van der Waals surface area contributed by atoms with Gasteiger partial charge in [0.2, 0.25) is 0 Å². The zero-order chi connectivity index (χ0) is 16.8. The summed E-state index contributed by atoms with van der Waals surface area (Å²) in [6.07, 6.45) is 6.72. The smallest absolute Gasteiger partial charge is 0.166 e. The van der Waals surface area contributed by atoms with Crippen molar-refractivity contribution in [3.05, 3.63) is 36.3 Å². The molecular formula is C20H26O3. The summed E-state index contributed by atoms with van der Waals surface area (Å²) in [6.45, 7) is 10.9. The summed E-state index contributed by atoms with van der Waals surface area (Å²) < 4.78 is 5.04. The molecule has 124 valence electrons. The Morgan fingerprint density at radius 3 is 2.74 bits per heavy atom. The van der Waals surface area contributed by atoms with Gasteiger partial charge in [0.05, 0.1) is 11.8 Å². The van der Waals surface area contributed by atoms with Crippen molar-refractivity contribution in [2.75, 3.05) is 0 Å². The average molecular weight is 314 g/mol. The van der Waals surface area contributed by atoms with Crippen LogP contribution in [0.5, 0.6) is 0 Å². The van der Waals surface area contributed by atoms with Gasteiger partial charge >= 0.3 is 0 Å². The Kier molecular flexibility index (Phi) is 3.86. The predicted molar refractivity (Wildman–Crippen MR) is 89.1 cm³/mol. The summed E-state index contributed by atoms with van der Waals surface area (Å²) in [5.74, 6) is 0.944. The SMILES string of the molecule is C=C1CCC2C(C)(C)CC(=O)CC2(C)C1CC(=O)c1ccoc1. The van der Waals surface area contributed by atoms with Gasteiger partial charge in [-0.2, -0.15) is 0 Å². The number of Topliss-reactive ketones (excluding diaryl/α,β-unsaturated/α-hetero) is 2. The molecule has 0 bridgehead atoms. The van der Waals surface area contributed by atoms with Gasteiger partial charge in [0.25, 0.3) is 0 Å². The molecule has 1 aromatic rings. The molecule has 3 atom stereocenters. The highest BCUT2D eigenvalue weighted by Gasteiger charge is 2.55. The Bertz CT molecular complexity index is 638. The van der Waals surface area contributed by atoms with E-state index in [-0.39, 0.29) is 22.5 Å². The Labute approximate surface area is 138 Å². The molecule has 3 unspecified atom stereocenters. The summed E-state index contributed by atoms with van der Waals surface area (Å²) in [5, 5.41) is 0. The Hall–Kier alpha value is -1.64. The van der Waals surface area contributed by atoms with Crippen molar-refractivity contribution in [2.45, 2.75) is 52.9 Å². The van der Waals surface area contributed by atoms with E-state index in [1.165, 1.54) is 12.5 Å². The third-order valence-electron chi connectivity index (χ3n) is 6.25. The maximum atomic E-state index is 12.6. The number of carbonyl (C=O) groups excluding carboxylic acids is 2. The summed E-state index contributed by atoms with van der Waals surface area (Å²) in [7, 11) is 0. The average Bonchev–Trinajstić information content (AvgIpc) is 2.94. The van der Waals surface area contributed by atoms with Gasteiger partial charge in [-0.1, -0.05) is 32.9 Å². The van der Waals surface area contributed by atoms with Crippen molar-refractivity contribution in [1.29, 1.82) is 0 Å². The van der Waals surface area contributed by atoms with Crippen molar-refractivity contribution in [3.63, 3.8) is 0 Å². The predicted octanol–water partition coefficient (Wildman–Crippen LogP) is 4.83. The fourth-order valence-corrected chi connectivity index (χ4v) is 5.30. The van der Waals surface area contributed by atoms with Crippen LogP contribution in [0.15, 0.2) is 35.2 Å². The lowest BCUT2D eigenvalue weighted by Crippen LogP contribution is -2.52. The Morgan fingerprint density at radius 1 is 1.35 bits per heavy atom. The number of rotatable bonds is 3. The van der Waals surface area contributed by atoms with Gasteiger partial charge in [0.1, 0.15) is 12.0 Å². The molecule has 0 aliphatic heterocycles. The van der Waals surface area contributed by atoms with Crippen molar-refractivity contribution >= 4 is 11.6 Å². The number of fused-ring (bicyclic) bond motifs is 1. The first-order valence-electron chi connectivity index (χ1n) is 8.49. The molecule has 3 rings (SSSR count). The maximum Gasteiger partial charge on any atom is 0.166 e. The molecule has 3 nitrogen and oxygen atoms in total. The van der Waals surface area contributed by atoms with Gasteiger partial charge in [-0.3, -0.25) is 9.59 Å². The number of hydrogen-bond donors (Lipinski definition) is 0. The molecule has 0 aromatic carbocycles. The van der Waals surface area contributed by atoms with Gasteiger partial charge in [0, 0.05) is 19.3 Å². The molecule has 0 spiro atoms. The van der Waals surface area contributed by atoms with E-state index in [9.17, 15) is 9.59 Å². The first-order chi connectivity index (χ1) is 10.7. The van der Waals surface area contributed by atoms with E-state index in [2.05, 4.69) is 27.4 Å². The van der Waals surface area contributed by atoms with Crippen LogP contribution >= 0.6 is 0 Å². The van der Waals surface area contributed by atoms with Crippen LogP contribution in [0.4, 0.5) is 0 Å². The van der Waals surface area contributed by atoms with Crippen LogP contribution in [0.1, 0.15) is 63.2 Å². The zero-order valence-electron chi connectivity index (χ0n) is 14.4. The van der Waals surface area contributed by atoms with Crippen LogP contribution in [0.25, 0.3) is 0 Å². The molecule has 3 heteroatoms. The third-order valence-corrected chi connectivity index (χ3v) is 6.25. The van der Waals surface area contributed by atoms with Crippen LogP contribution in [-0.4, -0.2) is 11.6 Å². The van der Waals surface area contributed by atoms with Gasteiger partial charge in [-0.15, -0.1) is 0 Å². The Morgan fingerprint density at radius 2 is 2.09 bits per heavy atom. The fourth-order valence-electron chi connectivity index (χ4n) is 5.30. The van der Waals surface area contributed by atoms with E-state index in [0.29, 0.717) is 36.5 Å². The monoisotopic (exact) mass is 314 g/mol. The van der Waals surface area contributed by atoms with Crippen LogP contribution < -0.4 is 0 Å². The van der Waals surface area contributed by atoms with E-state index < -0.39 is 0 Å². The van der Waals surface area contributed by atoms with Gasteiger partial charge in [-0.05, 0) is 41.6 Å². The number of ketones is 2. The topological polar surface area (TPSA) is 47.3 Å². The standard InChI is InChI=1S/C20H26O3/c1-13-5-6-18-19(2,3)10-15(21)11-20(18,4)16(13)9-17(22)14-7-8-23-12-14/h7-8,12,16,18H,1,5-6,9-11H2,2-4H3. The first-order valence-corrected chi connectivity index (χ1v) is 8.49. The van der Waals surface area contributed by atoms with E-state index in [1.54, 1.807) is 6.07 Å². The molecule has 0 saturated heterocycles. The molecule has 2 fully saturated rings. The Balaban J connectivity index is 1.92. The third kappa shape index (κ3) is 2.71. The van der Waals surface area contributed by atoms with Crippen molar-refractivity contribution < 1.29 is 14.0 Å². The first kappa shape index (κ1) is 16.2. The molecule has 1 aromatic heterocycles. The second-order valence-electron chi connectivity index (χ2n) is 8.33. The summed E-state index contributed by atoms with van der Waals surface area (Å²) in [4.78, 5) is 25.0. The lowest BCUT2D eigenvalue weighted by molar-refractivity contribution is -0.138. The quantitative estimate of drug-likeness (QED) is 0.593. The highest BCUT2D eigenvalue weighted by Crippen LogP contribution is 2.60. The molecule has 2 aliphatic carbocycles. The van der Waals surface area contributed by atoms with E-state index in [1.807, 2.05) is 0 Å². The minimum Gasteiger partial charge on any atom is -0.472 e. The van der Waals surface area contributed by atoms with Gasteiger partial charge in [-0.25, -0.2) is 0 Å². The molecular weight excluding hydrogens is 288 g/mol. The van der Waals surface area contributed by atoms with Crippen molar-refractivity contribution in [3.8, 4) is 0 Å². The lowest BCUT2D eigenvalue weighted by atomic mass is 9.47. The van der Waals surface area contributed by atoms with E-state index in [0.717, 1.165) is 18.4 Å². The molecule has 0 radical (unpaired) electrons. The summed E-state index contributed by atoms with van der Waals surface area (Å²) >= 11 is 0. The molecule has 1 heterocycles. The fraction of sp³-hybridized carbons (Fsp3) is 0.600. The highest BCUT2D eigenvalue weighted by molar-refractivity contribution is 5.96. The number of carbonyl (C=O) groups is 2. The maximum absolute atomic E-state index is 12.6.